The SMILES string of the molecule is CC(C)(C)C(=O)C1CC1.CC(C)(C)C(=O)C1CCC1.CC(C)(C)C(=O)C1CCCC1.CC(C)(C)C(=O)N1CCCC1.CC(C)(C)C(=O)c1ccno1.CC(C)C(=O)C(C)(C)C.CC(C)OC(=O)C(C)(C)C.CCC(=O)C(C)(C)C.CCC(=O)C(C)(C)C.CCC(=O)C(C)(C)C.CCOC(=O)C(C)(C)C. The van der Waals surface area contributed by atoms with Crippen LogP contribution in [-0.4, -0.2) is 100.0 Å². The summed E-state index contributed by atoms with van der Waals surface area (Å²) >= 11 is 0. The van der Waals surface area contributed by atoms with Gasteiger partial charge in [0.1, 0.15) is 40.5 Å². The highest BCUT2D eigenvalue weighted by Crippen LogP contribution is 2.37. The van der Waals surface area contributed by atoms with Crippen molar-refractivity contribution in [1.82, 2.24) is 10.1 Å². The number of rotatable bonds is 10. The zero-order valence-electron chi connectivity index (χ0n) is 75.2. The van der Waals surface area contributed by atoms with Crippen molar-refractivity contribution in [3.8, 4) is 0 Å². The number of amides is 1. The normalized spacial score (nSPS) is 14.9. The lowest BCUT2D eigenvalue weighted by Crippen LogP contribution is -2.37. The molecule has 0 N–H and O–H groups in total. The molecule has 1 aromatic rings. The highest BCUT2D eigenvalue weighted by molar-refractivity contribution is 5.97. The molecule has 3 saturated carbocycles. The van der Waals surface area contributed by atoms with Crippen molar-refractivity contribution in [2.45, 2.75) is 380 Å². The Morgan fingerprint density at radius 2 is 0.702 bits per heavy atom. The molecule has 2 heterocycles. The van der Waals surface area contributed by atoms with E-state index in [1.807, 2.05) is 289 Å². The lowest BCUT2D eigenvalue weighted by molar-refractivity contribution is -0.157. The van der Waals surface area contributed by atoms with Crippen LogP contribution in [0.15, 0.2) is 16.8 Å². The lowest BCUT2D eigenvalue weighted by Gasteiger charge is -2.30. The molecule has 1 aromatic heterocycles. The van der Waals surface area contributed by atoms with Gasteiger partial charge in [-0.2, -0.15) is 0 Å². The Hall–Kier alpha value is -5.02. The summed E-state index contributed by atoms with van der Waals surface area (Å²) in [6, 6.07) is 1.58. The number of Topliss-reactive ketones (excluding diaryl/α,β-unsaturated/α-hetero) is 8. The third-order valence-corrected chi connectivity index (χ3v) is 16.3. The fraction of sp³-hybridized carbons (Fsp3) is 0.841. The first-order chi connectivity index (χ1) is 46.2. The number of likely N-dealkylation sites (tertiary alicyclic amines) is 1. The van der Waals surface area contributed by atoms with Crippen molar-refractivity contribution in [3.63, 3.8) is 0 Å². The van der Waals surface area contributed by atoms with Crippen LogP contribution in [0.4, 0.5) is 0 Å². The average Bonchev–Trinajstić information content (AvgIpc) is 1.38. The number of hydrogen-bond acceptors (Lipinski definition) is 15. The molecular formula is C88H164N2O14. The van der Waals surface area contributed by atoms with Crippen LogP contribution in [0.5, 0.6) is 0 Å². The number of aromatic nitrogens is 1. The number of ketones is 8. The highest BCUT2D eigenvalue weighted by atomic mass is 16.5. The van der Waals surface area contributed by atoms with Crippen LogP contribution >= 0.6 is 0 Å². The Morgan fingerprint density at radius 3 is 0.837 bits per heavy atom. The zero-order valence-corrected chi connectivity index (χ0v) is 75.2. The summed E-state index contributed by atoms with van der Waals surface area (Å²) in [5, 5.41) is 3.46. The number of esters is 2. The molecule has 610 valence electrons. The second-order valence-corrected chi connectivity index (χ2v) is 40.0. The van der Waals surface area contributed by atoms with Crippen LogP contribution in [0.3, 0.4) is 0 Å². The molecule has 16 nitrogen and oxygen atoms in total. The van der Waals surface area contributed by atoms with Gasteiger partial charge < -0.3 is 18.9 Å². The molecule has 0 radical (unpaired) electrons. The molecule has 3 aliphatic carbocycles. The Labute approximate surface area is 638 Å². The van der Waals surface area contributed by atoms with E-state index in [1.165, 1.54) is 38.3 Å². The minimum Gasteiger partial charge on any atom is -0.466 e. The second-order valence-electron chi connectivity index (χ2n) is 40.0. The van der Waals surface area contributed by atoms with Crippen LogP contribution in [0.2, 0.25) is 0 Å². The third-order valence-electron chi connectivity index (χ3n) is 16.3. The van der Waals surface area contributed by atoms with Gasteiger partial charge in [-0.05, 0) is 114 Å². The van der Waals surface area contributed by atoms with E-state index in [0.29, 0.717) is 95.8 Å². The van der Waals surface area contributed by atoms with Gasteiger partial charge in [-0.1, -0.05) is 246 Å². The third kappa shape index (κ3) is 54.5. The van der Waals surface area contributed by atoms with Crippen molar-refractivity contribution in [3.05, 3.63) is 18.0 Å². The van der Waals surface area contributed by atoms with Gasteiger partial charge in [-0.15, -0.1) is 0 Å². The molecule has 1 amide bonds. The summed E-state index contributed by atoms with van der Waals surface area (Å²) in [7, 11) is 0. The highest BCUT2D eigenvalue weighted by Gasteiger charge is 2.37. The maximum atomic E-state index is 11.7. The standard InChI is InChI=1S/C10H18O.C9H17NO.C9H16O.C8H11NO2.C8H16O2.C8H14O.C8H16O.C7H14O2.3C7H14O/c1-10(2,3)9(11)8-6-4-5-7-8;1-9(2,3)8(11)10-6-4-5-7-10;1-9(2,3)8(10)7-5-4-6-7;1-8(2,3)7(10)6-4-5-9-11-6;1-6(2)10-7(9)8(3,4)5;1-8(2,3)7(9)6-4-5-6;1-6(2)7(9)8(3,4)5;1-5-9-6(8)7(2,3)4;3*1-5-6(8)7(2,3)4/h8H,4-7H2,1-3H3;4-7H2,1-3H3;7H,4-6H2,1-3H3;4-5H,1-3H3;6H,1-5H3;6H,4-5H2,1-3H3;6H,1-5H3;5H2,1-4H3;3*5H2,1-4H3. The predicted molar refractivity (Wildman–Crippen MR) is 431 cm³/mol. The quantitative estimate of drug-likeness (QED) is 0.156. The number of carbonyl (C=O) groups is 11. The molecule has 0 spiro atoms. The summed E-state index contributed by atoms with van der Waals surface area (Å²) in [6.45, 7) is 81.4. The molecule has 1 saturated heterocycles. The molecule has 16 heteroatoms. The number of carbonyl (C=O) groups excluding carboxylic acids is 11. The molecule has 0 bridgehead atoms. The number of ether oxygens (including phenoxy) is 2. The van der Waals surface area contributed by atoms with Crippen LogP contribution in [0, 0.1) is 83.2 Å². The Balaban J connectivity index is -0.000000255. The molecular weight excluding hydrogens is 1310 g/mol. The fourth-order valence-electron chi connectivity index (χ4n) is 9.33. The van der Waals surface area contributed by atoms with Gasteiger partial charge in [0.05, 0.1) is 29.7 Å². The first kappa shape index (κ1) is 110. The fourth-order valence-corrected chi connectivity index (χ4v) is 9.33. The van der Waals surface area contributed by atoms with Crippen LogP contribution < -0.4 is 0 Å². The van der Waals surface area contributed by atoms with E-state index in [9.17, 15) is 52.7 Å². The van der Waals surface area contributed by atoms with E-state index in [-0.39, 0.29) is 89.3 Å². The van der Waals surface area contributed by atoms with Crippen molar-refractivity contribution >= 4 is 64.1 Å². The predicted octanol–water partition coefficient (Wildman–Crippen LogP) is 22.6. The van der Waals surface area contributed by atoms with Crippen LogP contribution in [0.25, 0.3) is 0 Å². The van der Waals surface area contributed by atoms with Gasteiger partial charge in [0.2, 0.25) is 17.5 Å². The molecule has 4 aliphatic rings. The average molecular weight is 1470 g/mol. The van der Waals surface area contributed by atoms with E-state index in [4.69, 9.17) is 14.0 Å². The van der Waals surface area contributed by atoms with Crippen LogP contribution in [0.1, 0.15) is 384 Å². The molecule has 0 unspecified atom stereocenters. The second kappa shape index (κ2) is 48.4. The van der Waals surface area contributed by atoms with E-state index in [0.717, 1.165) is 51.6 Å². The molecule has 5 rings (SSSR count). The van der Waals surface area contributed by atoms with Gasteiger partial charge in [0.15, 0.2) is 0 Å². The summed E-state index contributed by atoms with van der Waals surface area (Å²) in [5.74, 6) is 4.42. The monoisotopic (exact) mass is 1470 g/mol. The molecule has 0 aromatic carbocycles. The molecule has 1 aliphatic heterocycles. The molecule has 0 atom stereocenters. The van der Waals surface area contributed by atoms with Gasteiger partial charge >= 0.3 is 11.9 Å². The molecule has 104 heavy (non-hydrogen) atoms. The summed E-state index contributed by atoms with van der Waals surface area (Å²) in [6.07, 6.45) is 16.4. The van der Waals surface area contributed by atoms with Gasteiger partial charge in [-0.25, -0.2) is 0 Å². The van der Waals surface area contributed by atoms with Gasteiger partial charge in [-0.3, -0.25) is 52.7 Å². The smallest absolute Gasteiger partial charge is 0.311 e. The van der Waals surface area contributed by atoms with Gasteiger partial charge in [0, 0.05) is 111 Å². The minimum atomic E-state index is -0.389. The summed E-state index contributed by atoms with van der Waals surface area (Å²) < 4.78 is 14.5. The van der Waals surface area contributed by atoms with Gasteiger partial charge in [0.25, 0.3) is 0 Å². The lowest BCUT2D eigenvalue weighted by atomic mass is 9.73. The molecule has 4 fully saturated rings. The maximum absolute atomic E-state index is 11.7. The zero-order chi connectivity index (χ0) is 84.2. The minimum absolute atomic E-state index is 0.00766. The van der Waals surface area contributed by atoms with Crippen molar-refractivity contribution < 1.29 is 66.7 Å². The van der Waals surface area contributed by atoms with E-state index < -0.39 is 0 Å². The Kier molecular flexibility index (Phi) is 51.2. The van der Waals surface area contributed by atoms with E-state index in [2.05, 4.69) is 5.16 Å². The number of nitrogens with zero attached hydrogens (tertiary/aromatic N) is 2. The Bertz CT molecular complexity index is 2540. The van der Waals surface area contributed by atoms with E-state index in [1.54, 1.807) is 6.07 Å². The van der Waals surface area contributed by atoms with Crippen molar-refractivity contribution in [1.29, 1.82) is 0 Å². The first-order valence-corrected chi connectivity index (χ1v) is 39.1. The Morgan fingerprint density at radius 1 is 0.394 bits per heavy atom. The maximum Gasteiger partial charge on any atom is 0.311 e. The number of hydrogen-bond donors (Lipinski definition) is 0. The topological polar surface area (TPSA) is 235 Å². The van der Waals surface area contributed by atoms with E-state index >= 15 is 0 Å². The largest absolute Gasteiger partial charge is 0.466 e. The van der Waals surface area contributed by atoms with Crippen molar-refractivity contribution in [2.24, 2.45) is 83.2 Å². The summed E-state index contributed by atoms with van der Waals surface area (Å²) in [5.41, 5.74) is -2.17. The first-order valence-electron chi connectivity index (χ1n) is 39.1. The summed E-state index contributed by atoms with van der Waals surface area (Å²) in [4.78, 5) is 125. The van der Waals surface area contributed by atoms with Crippen LogP contribution in [-0.2, 0) is 57.4 Å². The van der Waals surface area contributed by atoms with Crippen molar-refractivity contribution in [2.75, 3.05) is 19.7 Å².